The van der Waals surface area contributed by atoms with Gasteiger partial charge in [-0.15, -0.1) is 0 Å². The van der Waals surface area contributed by atoms with E-state index in [0.29, 0.717) is 5.56 Å². The predicted octanol–water partition coefficient (Wildman–Crippen LogP) is 3.42. The maximum Gasteiger partial charge on any atom is 0.256 e. The summed E-state index contributed by atoms with van der Waals surface area (Å²) in [5.41, 5.74) is 2.33. The molecule has 4 nitrogen and oxygen atoms in total. The number of aromatic nitrogens is 2. The van der Waals surface area contributed by atoms with E-state index in [0.717, 1.165) is 20.2 Å². The lowest BCUT2D eigenvalue weighted by Crippen LogP contribution is -2.13. The first-order chi connectivity index (χ1) is 9.25. The van der Waals surface area contributed by atoms with Crippen molar-refractivity contribution in [2.75, 3.05) is 5.32 Å². The standard InChI is InChI=1S/C14H10IN3O/c15-11-5-2-1-4-9(11)14(19)17-12-6-3-7-13-10(12)8-16-18-13/h1-8H,(H,16,18)(H,17,19). The Morgan fingerprint density at radius 2 is 2.00 bits per heavy atom. The molecule has 0 fully saturated rings. The number of nitrogens with one attached hydrogen (secondary N) is 2. The van der Waals surface area contributed by atoms with Gasteiger partial charge in [0.25, 0.3) is 5.91 Å². The Kier molecular flexibility index (Phi) is 3.20. The summed E-state index contributed by atoms with van der Waals surface area (Å²) in [6.07, 6.45) is 1.71. The number of benzene rings is 2. The van der Waals surface area contributed by atoms with E-state index in [2.05, 4.69) is 38.1 Å². The van der Waals surface area contributed by atoms with Crippen molar-refractivity contribution < 1.29 is 4.79 Å². The van der Waals surface area contributed by atoms with Crippen LogP contribution in [0.15, 0.2) is 48.7 Å². The van der Waals surface area contributed by atoms with Crippen LogP contribution in [0.3, 0.4) is 0 Å². The minimum atomic E-state index is -0.112. The Labute approximate surface area is 123 Å². The second-order valence-corrected chi connectivity index (χ2v) is 5.23. The van der Waals surface area contributed by atoms with E-state index in [1.165, 1.54) is 0 Å². The van der Waals surface area contributed by atoms with Crippen LogP contribution in [0.4, 0.5) is 5.69 Å². The largest absolute Gasteiger partial charge is 0.321 e. The Balaban J connectivity index is 1.95. The molecule has 0 unspecified atom stereocenters. The molecule has 0 atom stereocenters. The van der Waals surface area contributed by atoms with Crippen LogP contribution in [0.25, 0.3) is 10.9 Å². The quantitative estimate of drug-likeness (QED) is 0.686. The van der Waals surface area contributed by atoms with Gasteiger partial charge in [-0.05, 0) is 46.9 Å². The van der Waals surface area contributed by atoms with Crippen LogP contribution < -0.4 is 5.32 Å². The smallest absolute Gasteiger partial charge is 0.256 e. The van der Waals surface area contributed by atoms with Gasteiger partial charge in [0.1, 0.15) is 0 Å². The summed E-state index contributed by atoms with van der Waals surface area (Å²) in [5, 5.41) is 10.7. The number of halogens is 1. The molecule has 3 rings (SSSR count). The number of hydrogen-bond acceptors (Lipinski definition) is 2. The second-order valence-electron chi connectivity index (χ2n) is 4.07. The normalized spacial score (nSPS) is 10.6. The summed E-state index contributed by atoms with van der Waals surface area (Å²) in [7, 11) is 0. The third-order valence-electron chi connectivity index (χ3n) is 2.85. The minimum Gasteiger partial charge on any atom is -0.321 e. The number of anilines is 1. The molecule has 2 N–H and O–H groups in total. The number of fused-ring (bicyclic) bond motifs is 1. The maximum absolute atomic E-state index is 12.3. The molecule has 0 aliphatic carbocycles. The van der Waals surface area contributed by atoms with Gasteiger partial charge in [-0.3, -0.25) is 9.89 Å². The molecular weight excluding hydrogens is 353 g/mol. The van der Waals surface area contributed by atoms with Gasteiger partial charge in [-0.2, -0.15) is 5.10 Å². The molecule has 94 valence electrons. The van der Waals surface area contributed by atoms with Gasteiger partial charge in [-0.1, -0.05) is 18.2 Å². The molecule has 0 saturated heterocycles. The molecule has 3 aromatic rings. The molecular formula is C14H10IN3O. The van der Waals surface area contributed by atoms with Gasteiger partial charge in [0.05, 0.1) is 23.0 Å². The van der Waals surface area contributed by atoms with Crippen LogP contribution in [-0.4, -0.2) is 16.1 Å². The summed E-state index contributed by atoms with van der Waals surface area (Å²) in [6, 6.07) is 13.2. The van der Waals surface area contributed by atoms with Crippen molar-refractivity contribution in [3.05, 3.63) is 57.8 Å². The van der Waals surface area contributed by atoms with Gasteiger partial charge in [0.2, 0.25) is 0 Å². The van der Waals surface area contributed by atoms with Gasteiger partial charge in [0, 0.05) is 8.96 Å². The zero-order valence-electron chi connectivity index (χ0n) is 9.85. The zero-order valence-corrected chi connectivity index (χ0v) is 12.0. The maximum atomic E-state index is 12.3. The third-order valence-corrected chi connectivity index (χ3v) is 3.79. The van der Waals surface area contributed by atoms with E-state index >= 15 is 0 Å². The first kappa shape index (κ1) is 12.2. The van der Waals surface area contributed by atoms with Crippen molar-refractivity contribution in [1.82, 2.24) is 10.2 Å². The Hall–Kier alpha value is -1.89. The summed E-state index contributed by atoms with van der Waals surface area (Å²) in [4.78, 5) is 12.3. The van der Waals surface area contributed by atoms with Crippen molar-refractivity contribution >= 4 is 45.1 Å². The van der Waals surface area contributed by atoms with E-state index < -0.39 is 0 Å². The lowest BCUT2D eigenvalue weighted by atomic mass is 10.2. The van der Waals surface area contributed by atoms with Gasteiger partial charge in [-0.25, -0.2) is 0 Å². The summed E-state index contributed by atoms with van der Waals surface area (Å²) >= 11 is 2.16. The molecule has 1 heterocycles. The van der Waals surface area contributed by atoms with E-state index in [9.17, 15) is 4.79 Å². The zero-order chi connectivity index (χ0) is 13.2. The fourth-order valence-electron chi connectivity index (χ4n) is 1.91. The fraction of sp³-hybridized carbons (Fsp3) is 0. The molecule has 0 saturated carbocycles. The van der Waals surface area contributed by atoms with Crippen LogP contribution in [0.1, 0.15) is 10.4 Å². The van der Waals surface area contributed by atoms with Crippen molar-refractivity contribution in [2.45, 2.75) is 0 Å². The minimum absolute atomic E-state index is 0.112. The highest BCUT2D eigenvalue weighted by atomic mass is 127. The lowest BCUT2D eigenvalue weighted by molar-refractivity contribution is 0.102. The average molecular weight is 363 g/mol. The van der Waals surface area contributed by atoms with Gasteiger partial charge in [0.15, 0.2) is 0 Å². The first-order valence-electron chi connectivity index (χ1n) is 5.73. The number of rotatable bonds is 2. The number of aromatic amines is 1. The molecule has 0 spiro atoms. The van der Waals surface area contributed by atoms with Crippen molar-refractivity contribution in [3.63, 3.8) is 0 Å². The van der Waals surface area contributed by atoms with Gasteiger partial charge < -0.3 is 5.32 Å². The molecule has 1 aromatic heterocycles. The lowest BCUT2D eigenvalue weighted by Gasteiger charge is -2.07. The molecule has 5 heteroatoms. The van der Waals surface area contributed by atoms with E-state index in [1.54, 1.807) is 6.20 Å². The van der Waals surface area contributed by atoms with E-state index in [-0.39, 0.29) is 5.91 Å². The van der Waals surface area contributed by atoms with Crippen molar-refractivity contribution in [1.29, 1.82) is 0 Å². The van der Waals surface area contributed by atoms with Crippen molar-refractivity contribution in [2.24, 2.45) is 0 Å². The number of H-pyrrole nitrogens is 1. The Bertz CT molecular complexity index is 751. The van der Waals surface area contributed by atoms with Crippen LogP contribution in [0, 0.1) is 3.57 Å². The number of nitrogens with zero attached hydrogens (tertiary/aromatic N) is 1. The molecule has 1 amide bonds. The summed E-state index contributed by atoms with van der Waals surface area (Å²) < 4.78 is 0.928. The fourth-order valence-corrected chi connectivity index (χ4v) is 2.54. The molecule has 0 radical (unpaired) electrons. The first-order valence-corrected chi connectivity index (χ1v) is 6.81. The topological polar surface area (TPSA) is 57.8 Å². The molecule has 19 heavy (non-hydrogen) atoms. The van der Waals surface area contributed by atoms with Crippen LogP contribution in [0.2, 0.25) is 0 Å². The summed E-state index contributed by atoms with van der Waals surface area (Å²) in [5.74, 6) is -0.112. The Morgan fingerprint density at radius 3 is 2.84 bits per heavy atom. The highest BCUT2D eigenvalue weighted by Crippen LogP contribution is 2.22. The predicted molar refractivity (Wildman–Crippen MR) is 83.2 cm³/mol. The SMILES string of the molecule is O=C(Nc1cccc2[nH]ncc12)c1ccccc1I. The molecule has 2 aromatic carbocycles. The average Bonchev–Trinajstić information content (AvgIpc) is 2.88. The highest BCUT2D eigenvalue weighted by Gasteiger charge is 2.11. The number of carbonyl (C=O) groups is 1. The molecule has 0 aliphatic heterocycles. The number of hydrogen-bond donors (Lipinski definition) is 2. The summed E-state index contributed by atoms with van der Waals surface area (Å²) in [6.45, 7) is 0. The van der Waals surface area contributed by atoms with E-state index in [4.69, 9.17) is 0 Å². The van der Waals surface area contributed by atoms with Crippen molar-refractivity contribution in [3.8, 4) is 0 Å². The Morgan fingerprint density at radius 1 is 1.16 bits per heavy atom. The van der Waals surface area contributed by atoms with E-state index in [1.807, 2.05) is 42.5 Å². The number of amides is 1. The molecule has 0 aliphatic rings. The number of carbonyl (C=O) groups excluding carboxylic acids is 1. The molecule has 0 bridgehead atoms. The third kappa shape index (κ3) is 2.33. The monoisotopic (exact) mass is 363 g/mol. The van der Waals surface area contributed by atoms with Crippen LogP contribution in [0.5, 0.6) is 0 Å². The van der Waals surface area contributed by atoms with Gasteiger partial charge >= 0.3 is 0 Å². The highest BCUT2D eigenvalue weighted by molar-refractivity contribution is 14.1. The van der Waals surface area contributed by atoms with Crippen LogP contribution in [-0.2, 0) is 0 Å². The van der Waals surface area contributed by atoms with Crippen LogP contribution >= 0.6 is 22.6 Å². The second kappa shape index (κ2) is 5.00.